The Labute approximate surface area is 131 Å². The summed E-state index contributed by atoms with van der Waals surface area (Å²) in [5.41, 5.74) is 1.88. The van der Waals surface area contributed by atoms with Crippen molar-refractivity contribution in [3.63, 3.8) is 0 Å². The molecule has 2 heterocycles. The molecule has 0 aliphatic rings. The highest BCUT2D eigenvalue weighted by atomic mass is 16.5. The zero-order valence-corrected chi connectivity index (χ0v) is 12.2. The number of aromatic nitrogens is 4. The van der Waals surface area contributed by atoms with E-state index in [9.17, 15) is 10.0 Å². The Hall–Kier alpha value is -3.35. The Bertz CT molecular complexity index is 836. The first kappa shape index (κ1) is 14.6. The fourth-order valence-electron chi connectivity index (χ4n) is 2.01. The van der Waals surface area contributed by atoms with Crippen LogP contribution in [0.2, 0.25) is 0 Å². The van der Waals surface area contributed by atoms with E-state index in [4.69, 9.17) is 0 Å². The van der Waals surface area contributed by atoms with E-state index in [-0.39, 0.29) is 5.82 Å². The standard InChI is InChI=1S/C16H12N4O3/c1-23-16(21)12-7-8-13(17-9-12)15-19-18-14(10-20(15)22)11-5-3-2-4-6-11/h2-10H,1H3. The fraction of sp³-hybridized carbons (Fsp3) is 0.0625. The predicted octanol–water partition coefficient (Wildman–Crippen LogP) is 1.63. The zero-order chi connectivity index (χ0) is 16.2. The number of benzene rings is 1. The van der Waals surface area contributed by atoms with Crippen molar-refractivity contribution in [3.8, 4) is 22.8 Å². The maximum absolute atomic E-state index is 12.2. The van der Waals surface area contributed by atoms with Crippen molar-refractivity contribution in [2.45, 2.75) is 0 Å². The SMILES string of the molecule is COC(=O)c1ccc(-c2nnc(-c3ccccc3)c[n+]2[O-])nc1. The lowest BCUT2D eigenvalue weighted by Gasteiger charge is -2.06. The van der Waals surface area contributed by atoms with Gasteiger partial charge in [0.25, 0.3) is 0 Å². The molecule has 0 bridgehead atoms. The van der Waals surface area contributed by atoms with Crippen LogP contribution >= 0.6 is 0 Å². The predicted molar refractivity (Wildman–Crippen MR) is 81.0 cm³/mol. The molecule has 3 rings (SSSR count). The van der Waals surface area contributed by atoms with Crippen molar-refractivity contribution in [2.75, 3.05) is 7.11 Å². The average molecular weight is 308 g/mol. The molecule has 0 aliphatic carbocycles. The number of esters is 1. The van der Waals surface area contributed by atoms with Crippen LogP contribution in [-0.4, -0.2) is 28.3 Å². The Balaban J connectivity index is 1.93. The van der Waals surface area contributed by atoms with Gasteiger partial charge >= 0.3 is 11.8 Å². The van der Waals surface area contributed by atoms with Gasteiger partial charge in [0.2, 0.25) is 0 Å². The summed E-state index contributed by atoms with van der Waals surface area (Å²) in [6.07, 6.45) is 2.67. The van der Waals surface area contributed by atoms with E-state index in [1.165, 1.54) is 31.6 Å². The molecule has 0 fully saturated rings. The molecule has 114 valence electrons. The summed E-state index contributed by atoms with van der Waals surface area (Å²) in [5, 5.41) is 20.2. The molecule has 0 N–H and O–H groups in total. The minimum atomic E-state index is -0.496. The molecule has 0 saturated carbocycles. The third kappa shape index (κ3) is 2.98. The van der Waals surface area contributed by atoms with Crippen LogP contribution in [0.4, 0.5) is 0 Å². The van der Waals surface area contributed by atoms with Gasteiger partial charge in [0, 0.05) is 11.8 Å². The maximum Gasteiger partial charge on any atom is 0.379 e. The van der Waals surface area contributed by atoms with Gasteiger partial charge in [-0.25, -0.2) is 14.5 Å². The number of rotatable bonds is 3. The van der Waals surface area contributed by atoms with Crippen molar-refractivity contribution in [2.24, 2.45) is 0 Å². The monoisotopic (exact) mass is 308 g/mol. The lowest BCUT2D eigenvalue weighted by molar-refractivity contribution is -0.597. The third-order valence-electron chi connectivity index (χ3n) is 3.18. The van der Waals surface area contributed by atoms with E-state index in [1.807, 2.05) is 30.3 Å². The highest BCUT2D eigenvalue weighted by Gasteiger charge is 2.17. The first-order chi connectivity index (χ1) is 11.2. The molecule has 7 heteroatoms. The summed E-state index contributed by atoms with van der Waals surface area (Å²) in [6.45, 7) is 0. The van der Waals surface area contributed by atoms with E-state index < -0.39 is 5.97 Å². The number of methoxy groups -OCH3 is 1. The van der Waals surface area contributed by atoms with Gasteiger partial charge in [-0.15, -0.1) is 0 Å². The molecular weight excluding hydrogens is 296 g/mol. The smallest absolute Gasteiger partial charge is 0.379 e. The summed E-state index contributed by atoms with van der Waals surface area (Å²) in [6, 6.07) is 12.3. The molecular formula is C16H12N4O3. The van der Waals surface area contributed by atoms with E-state index in [0.29, 0.717) is 21.7 Å². The van der Waals surface area contributed by atoms with E-state index in [0.717, 1.165) is 5.56 Å². The maximum atomic E-state index is 12.2. The van der Waals surface area contributed by atoms with Crippen molar-refractivity contribution < 1.29 is 14.3 Å². The number of pyridine rings is 1. The van der Waals surface area contributed by atoms with Gasteiger partial charge in [-0.1, -0.05) is 30.3 Å². The largest absolute Gasteiger partial charge is 0.710 e. The van der Waals surface area contributed by atoms with Crippen LogP contribution < -0.4 is 4.73 Å². The Morgan fingerprint density at radius 2 is 1.87 bits per heavy atom. The van der Waals surface area contributed by atoms with Gasteiger partial charge in [0.15, 0.2) is 11.4 Å². The molecule has 0 unspecified atom stereocenters. The summed E-state index contributed by atoms with van der Waals surface area (Å²) >= 11 is 0. The number of carbonyl (C=O) groups excluding carboxylic acids is 1. The zero-order valence-electron chi connectivity index (χ0n) is 12.2. The summed E-state index contributed by atoms with van der Waals surface area (Å²) in [5.74, 6) is -0.439. The fourth-order valence-corrected chi connectivity index (χ4v) is 2.01. The van der Waals surface area contributed by atoms with Gasteiger partial charge < -0.3 is 9.94 Å². The molecule has 0 spiro atoms. The van der Waals surface area contributed by atoms with E-state index >= 15 is 0 Å². The summed E-state index contributed by atoms with van der Waals surface area (Å²) in [7, 11) is 1.29. The molecule has 3 aromatic rings. The van der Waals surface area contributed by atoms with Crippen molar-refractivity contribution in [3.05, 3.63) is 65.6 Å². The minimum Gasteiger partial charge on any atom is -0.710 e. The minimum absolute atomic E-state index is 0.0566. The Kier molecular flexibility index (Phi) is 3.92. The van der Waals surface area contributed by atoms with Crippen molar-refractivity contribution >= 4 is 5.97 Å². The summed E-state index contributed by atoms with van der Waals surface area (Å²) in [4.78, 5) is 15.4. The number of hydrogen-bond donors (Lipinski definition) is 0. The second-order valence-corrected chi connectivity index (χ2v) is 4.65. The molecule has 0 aliphatic heterocycles. The normalized spacial score (nSPS) is 10.3. The summed E-state index contributed by atoms with van der Waals surface area (Å²) < 4.78 is 5.20. The lowest BCUT2D eigenvalue weighted by atomic mass is 10.2. The van der Waals surface area contributed by atoms with Crippen molar-refractivity contribution in [1.82, 2.24) is 15.2 Å². The number of ether oxygens (including phenoxy) is 1. The average Bonchev–Trinajstić information content (AvgIpc) is 2.62. The molecule has 0 amide bonds. The Morgan fingerprint density at radius 3 is 2.48 bits per heavy atom. The van der Waals surface area contributed by atoms with Gasteiger partial charge in [-0.2, -0.15) is 0 Å². The molecule has 0 radical (unpaired) electrons. The molecule has 1 aromatic carbocycles. The third-order valence-corrected chi connectivity index (χ3v) is 3.18. The number of carbonyl (C=O) groups is 1. The highest BCUT2D eigenvalue weighted by molar-refractivity contribution is 5.89. The molecule has 7 nitrogen and oxygen atoms in total. The number of hydrogen-bond acceptors (Lipinski definition) is 6. The van der Waals surface area contributed by atoms with Crippen LogP contribution in [-0.2, 0) is 4.74 Å². The van der Waals surface area contributed by atoms with Gasteiger partial charge in [-0.05, 0) is 17.2 Å². The van der Waals surface area contributed by atoms with E-state index in [2.05, 4.69) is 19.9 Å². The van der Waals surface area contributed by atoms with Crippen LogP contribution in [0.25, 0.3) is 22.8 Å². The van der Waals surface area contributed by atoms with Crippen LogP contribution in [0.15, 0.2) is 54.9 Å². The first-order valence-corrected chi connectivity index (χ1v) is 6.76. The second kappa shape index (κ2) is 6.18. The second-order valence-electron chi connectivity index (χ2n) is 4.65. The Morgan fingerprint density at radius 1 is 1.09 bits per heavy atom. The molecule has 0 saturated heterocycles. The quantitative estimate of drug-likeness (QED) is 0.415. The van der Waals surface area contributed by atoms with Crippen molar-refractivity contribution in [1.29, 1.82) is 0 Å². The molecule has 23 heavy (non-hydrogen) atoms. The van der Waals surface area contributed by atoms with Crippen LogP contribution in [0.5, 0.6) is 0 Å². The molecule has 2 aromatic heterocycles. The van der Waals surface area contributed by atoms with E-state index in [1.54, 1.807) is 0 Å². The van der Waals surface area contributed by atoms with Gasteiger partial charge in [0.05, 0.1) is 17.8 Å². The first-order valence-electron chi connectivity index (χ1n) is 6.76. The molecule has 0 atom stereocenters. The topological polar surface area (TPSA) is 91.9 Å². The highest BCUT2D eigenvalue weighted by Crippen LogP contribution is 2.16. The number of nitrogens with zero attached hydrogens (tertiary/aromatic N) is 4. The van der Waals surface area contributed by atoms with Gasteiger partial charge in [0.1, 0.15) is 6.20 Å². The van der Waals surface area contributed by atoms with Crippen LogP contribution in [0, 0.1) is 5.21 Å². The van der Waals surface area contributed by atoms with Crippen LogP contribution in [0.3, 0.4) is 0 Å². The van der Waals surface area contributed by atoms with Gasteiger partial charge in [-0.3, -0.25) is 0 Å². The lowest BCUT2D eigenvalue weighted by Crippen LogP contribution is -2.31. The van der Waals surface area contributed by atoms with Crippen LogP contribution in [0.1, 0.15) is 10.4 Å².